The van der Waals surface area contributed by atoms with Gasteiger partial charge in [-0.25, -0.2) is 0 Å². The Morgan fingerprint density at radius 2 is 1.71 bits per heavy atom. The quantitative estimate of drug-likeness (QED) is 0.720. The van der Waals surface area contributed by atoms with E-state index in [-0.39, 0.29) is 5.75 Å². The van der Waals surface area contributed by atoms with Gasteiger partial charge < -0.3 is 25.4 Å². The van der Waals surface area contributed by atoms with Crippen LogP contribution in [-0.4, -0.2) is 30.5 Å². The molecule has 0 heterocycles. The highest BCUT2D eigenvalue weighted by molar-refractivity contribution is 5.52. The van der Waals surface area contributed by atoms with E-state index in [4.69, 9.17) is 15.2 Å². The fourth-order valence-corrected chi connectivity index (χ4v) is 1.70. The van der Waals surface area contributed by atoms with Crippen LogP contribution in [0.15, 0.2) is 12.1 Å². The number of phenols is 1. The van der Waals surface area contributed by atoms with E-state index in [1.54, 1.807) is 0 Å². The third-order valence-corrected chi connectivity index (χ3v) is 2.69. The van der Waals surface area contributed by atoms with Crippen molar-refractivity contribution in [2.45, 2.75) is 25.5 Å². The molecule has 0 aromatic heterocycles. The number of aliphatic hydroxyl groups is 1. The lowest BCUT2D eigenvalue weighted by Crippen LogP contribution is -2.26. The Morgan fingerprint density at radius 1 is 1.24 bits per heavy atom. The van der Waals surface area contributed by atoms with Crippen LogP contribution < -0.4 is 15.2 Å². The second-order valence-corrected chi connectivity index (χ2v) is 3.77. The van der Waals surface area contributed by atoms with Gasteiger partial charge in [-0.1, -0.05) is 6.92 Å². The number of hydrogen-bond donors (Lipinski definition) is 3. The van der Waals surface area contributed by atoms with E-state index >= 15 is 0 Å². The van der Waals surface area contributed by atoms with Crippen molar-refractivity contribution in [1.82, 2.24) is 0 Å². The minimum atomic E-state index is -0.692. The molecule has 0 unspecified atom stereocenters. The molecule has 4 N–H and O–H groups in total. The van der Waals surface area contributed by atoms with Crippen LogP contribution in [0, 0.1) is 0 Å². The average Bonchev–Trinajstić information content (AvgIpc) is 2.35. The van der Waals surface area contributed by atoms with Crippen LogP contribution in [0.4, 0.5) is 0 Å². The Hall–Kier alpha value is -1.46. The molecule has 96 valence electrons. The van der Waals surface area contributed by atoms with Crippen molar-refractivity contribution in [3.8, 4) is 17.2 Å². The van der Waals surface area contributed by atoms with E-state index in [0.29, 0.717) is 23.5 Å². The zero-order chi connectivity index (χ0) is 13.0. The monoisotopic (exact) mass is 241 g/mol. The number of hydrogen-bond acceptors (Lipinski definition) is 5. The van der Waals surface area contributed by atoms with Gasteiger partial charge in [-0.15, -0.1) is 0 Å². The molecule has 1 rings (SSSR count). The molecular weight excluding hydrogens is 222 g/mol. The fourth-order valence-electron chi connectivity index (χ4n) is 1.70. The summed E-state index contributed by atoms with van der Waals surface area (Å²) in [5, 5.41) is 19.3. The molecule has 0 aliphatic rings. The van der Waals surface area contributed by atoms with Crippen LogP contribution in [0.3, 0.4) is 0 Å². The summed E-state index contributed by atoms with van der Waals surface area (Å²) in [4.78, 5) is 0. The third kappa shape index (κ3) is 2.81. The zero-order valence-electron chi connectivity index (χ0n) is 10.3. The Kier molecular flexibility index (Phi) is 4.60. The molecule has 2 atom stereocenters. The number of ether oxygens (including phenoxy) is 2. The van der Waals surface area contributed by atoms with Crippen molar-refractivity contribution in [3.63, 3.8) is 0 Å². The maximum absolute atomic E-state index is 9.79. The summed E-state index contributed by atoms with van der Waals surface area (Å²) in [6.45, 7) is 1.84. The molecule has 0 spiro atoms. The maximum atomic E-state index is 9.79. The van der Waals surface area contributed by atoms with Gasteiger partial charge in [-0.05, 0) is 6.42 Å². The van der Waals surface area contributed by atoms with Crippen LogP contribution in [0.25, 0.3) is 0 Å². The Balaban J connectivity index is 3.28. The largest absolute Gasteiger partial charge is 0.508 e. The Labute approximate surface area is 101 Å². The number of nitrogens with two attached hydrogens (primary N) is 1. The lowest BCUT2D eigenvalue weighted by Gasteiger charge is -2.22. The predicted octanol–water partition coefficient (Wildman–Crippen LogP) is 1.18. The van der Waals surface area contributed by atoms with Crippen LogP contribution in [0.2, 0.25) is 0 Å². The van der Waals surface area contributed by atoms with Gasteiger partial charge in [0.15, 0.2) is 0 Å². The molecule has 0 saturated heterocycles. The number of aromatic hydroxyl groups is 1. The van der Waals surface area contributed by atoms with Gasteiger partial charge in [-0.3, -0.25) is 0 Å². The fraction of sp³-hybridized carbons (Fsp3) is 0.500. The lowest BCUT2D eigenvalue weighted by atomic mass is 9.98. The smallest absolute Gasteiger partial charge is 0.131 e. The molecule has 0 fully saturated rings. The lowest BCUT2D eigenvalue weighted by molar-refractivity contribution is 0.138. The van der Waals surface area contributed by atoms with E-state index in [2.05, 4.69) is 0 Å². The van der Waals surface area contributed by atoms with Crippen molar-refractivity contribution in [1.29, 1.82) is 0 Å². The van der Waals surface area contributed by atoms with Gasteiger partial charge in [0, 0.05) is 12.1 Å². The van der Waals surface area contributed by atoms with Crippen molar-refractivity contribution in [3.05, 3.63) is 17.7 Å². The van der Waals surface area contributed by atoms with Crippen molar-refractivity contribution >= 4 is 0 Å². The van der Waals surface area contributed by atoms with E-state index in [1.807, 2.05) is 6.92 Å². The van der Waals surface area contributed by atoms with Gasteiger partial charge in [0.05, 0.1) is 31.9 Å². The molecule has 0 amide bonds. The molecule has 5 nitrogen and oxygen atoms in total. The SMILES string of the molecule is CC[C@H](O)[C@H](N)c1c(OC)cc(O)cc1OC. The minimum absolute atomic E-state index is 0.0284. The number of phenolic OH excluding ortho intramolecular Hbond substituents is 1. The molecule has 0 saturated carbocycles. The predicted molar refractivity (Wildman–Crippen MR) is 64.4 cm³/mol. The minimum Gasteiger partial charge on any atom is -0.508 e. The van der Waals surface area contributed by atoms with E-state index in [9.17, 15) is 10.2 Å². The first-order chi connectivity index (χ1) is 8.04. The molecule has 0 bridgehead atoms. The maximum Gasteiger partial charge on any atom is 0.131 e. The van der Waals surface area contributed by atoms with Crippen LogP contribution >= 0.6 is 0 Å². The molecule has 5 heteroatoms. The highest BCUT2D eigenvalue weighted by Crippen LogP contribution is 2.38. The molecule has 17 heavy (non-hydrogen) atoms. The number of methoxy groups -OCH3 is 2. The van der Waals surface area contributed by atoms with E-state index in [1.165, 1.54) is 26.4 Å². The van der Waals surface area contributed by atoms with Crippen molar-refractivity contribution in [2.75, 3.05) is 14.2 Å². The summed E-state index contributed by atoms with van der Waals surface area (Å²) in [5.41, 5.74) is 6.52. The van der Waals surface area contributed by atoms with E-state index < -0.39 is 12.1 Å². The summed E-state index contributed by atoms with van der Waals surface area (Å²) < 4.78 is 10.3. The first kappa shape index (κ1) is 13.6. The van der Waals surface area contributed by atoms with Gasteiger partial charge in [0.1, 0.15) is 17.2 Å². The molecular formula is C12H19NO4. The highest BCUT2D eigenvalue weighted by Gasteiger charge is 2.24. The summed E-state index contributed by atoms with van der Waals surface area (Å²) in [5.74, 6) is 0.837. The molecule has 1 aromatic carbocycles. The second-order valence-electron chi connectivity index (χ2n) is 3.77. The van der Waals surface area contributed by atoms with Crippen LogP contribution in [0.1, 0.15) is 24.9 Å². The number of aliphatic hydroxyl groups excluding tert-OH is 1. The highest BCUT2D eigenvalue weighted by atomic mass is 16.5. The van der Waals surface area contributed by atoms with Crippen LogP contribution in [0.5, 0.6) is 17.2 Å². The average molecular weight is 241 g/mol. The van der Waals surface area contributed by atoms with Crippen molar-refractivity contribution < 1.29 is 19.7 Å². The molecule has 0 radical (unpaired) electrons. The molecule has 0 aliphatic heterocycles. The van der Waals surface area contributed by atoms with Gasteiger partial charge in [-0.2, -0.15) is 0 Å². The number of benzene rings is 1. The summed E-state index contributed by atoms with van der Waals surface area (Å²) >= 11 is 0. The second kappa shape index (κ2) is 5.75. The molecule has 0 aliphatic carbocycles. The van der Waals surface area contributed by atoms with Gasteiger partial charge >= 0.3 is 0 Å². The summed E-state index contributed by atoms with van der Waals surface area (Å²) in [7, 11) is 2.95. The topological polar surface area (TPSA) is 84.9 Å². The number of rotatable bonds is 5. The Morgan fingerprint density at radius 3 is 2.06 bits per heavy atom. The third-order valence-electron chi connectivity index (χ3n) is 2.69. The molecule has 1 aromatic rings. The first-order valence-corrected chi connectivity index (χ1v) is 5.43. The summed E-state index contributed by atoms with van der Waals surface area (Å²) in [6.07, 6.45) is -0.170. The van der Waals surface area contributed by atoms with Crippen LogP contribution in [-0.2, 0) is 0 Å². The van der Waals surface area contributed by atoms with Gasteiger partial charge in [0.2, 0.25) is 0 Å². The van der Waals surface area contributed by atoms with Crippen molar-refractivity contribution in [2.24, 2.45) is 5.73 Å². The zero-order valence-corrected chi connectivity index (χ0v) is 10.3. The first-order valence-electron chi connectivity index (χ1n) is 5.43. The summed E-state index contributed by atoms with van der Waals surface area (Å²) in [6, 6.07) is 2.27. The van der Waals surface area contributed by atoms with Gasteiger partial charge in [0.25, 0.3) is 0 Å². The van der Waals surface area contributed by atoms with E-state index in [0.717, 1.165) is 0 Å². The standard InChI is InChI=1S/C12H19NO4/c1-4-8(15)12(13)11-9(16-2)5-7(14)6-10(11)17-3/h5-6,8,12,14-15H,4,13H2,1-3H3/t8-,12-/m0/s1. The normalized spacial score (nSPS) is 14.2. The Bertz CT molecular complexity index is 356.